The van der Waals surface area contributed by atoms with E-state index in [4.69, 9.17) is 9.52 Å². The van der Waals surface area contributed by atoms with Crippen LogP contribution in [0.2, 0.25) is 0 Å². The molecule has 1 atom stereocenters. The van der Waals surface area contributed by atoms with Crippen molar-refractivity contribution in [2.45, 2.75) is 12.5 Å². The molecule has 2 rings (SSSR count). The lowest BCUT2D eigenvalue weighted by Crippen LogP contribution is -2.18. The summed E-state index contributed by atoms with van der Waals surface area (Å²) in [4.78, 5) is 0. The number of para-hydroxylation sites is 1. The van der Waals surface area contributed by atoms with Crippen LogP contribution in [0.25, 0.3) is 11.0 Å². The quantitative estimate of drug-likeness (QED) is 0.756. The van der Waals surface area contributed by atoms with Gasteiger partial charge in [-0.3, -0.25) is 0 Å². The van der Waals surface area contributed by atoms with E-state index in [0.29, 0.717) is 0 Å². The first kappa shape index (κ1) is 13.5. The lowest BCUT2D eigenvalue weighted by molar-refractivity contribution is 0.296. The number of thioether (sulfide) groups is 1. The fraction of sp³-hybridized carbons (Fsp3) is 0.429. The van der Waals surface area contributed by atoms with Gasteiger partial charge in [0.05, 0.1) is 6.04 Å². The molecular weight excluding hydrogens is 246 g/mol. The molecule has 0 aliphatic carbocycles. The summed E-state index contributed by atoms with van der Waals surface area (Å²) in [6.07, 6.45) is 0.848. The van der Waals surface area contributed by atoms with Gasteiger partial charge in [0, 0.05) is 17.7 Å². The number of furan rings is 1. The zero-order valence-electron chi connectivity index (χ0n) is 10.6. The molecule has 0 amide bonds. The summed E-state index contributed by atoms with van der Waals surface area (Å²) in [5.41, 5.74) is 0.938. The van der Waals surface area contributed by atoms with Gasteiger partial charge >= 0.3 is 0 Å². The first-order valence-electron chi connectivity index (χ1n) is 6.19. The standard InChI is InChI=1S/C14H19NO2S/c1-15-12(10-18-8-4-7-16)14-9-11-5-2-3-6-13(11)17-14/h2-3,5-6,9,12,15-16H,4,7-8,10H2,1H3. The van der Waals surface area contributed by atoms with Gasteiger partial charge in [-0.2, -0.15) is 11.8 Å². The minimum Gasteiger partial charge on any atom is -0.459 e. The Morgan fingerprint density at radius 3 is 2.94 bits per heavy atom. The zero-order chi connectivity index (χ0) is 12.8. The predicted molar refractivity (Wildman–Crippen MR) is 77.0 cm³/mol. The smallest absolute Gasteiger partial charge is 0.134 e. The van der Waals surface area contributed by atoms with E-state index in [1.165, 1.54) is 0 Å². The van der Waals surface area contributed by atoms with Crippen molar-refractivity contribution in [3.8, 4) is 0 Å². The third-order valence-electron chi connectivity index (χ3n) is 2.87. The molecule has 0 aliphatic heterocycles. The maximum Gasteiger partial charge on any atom is 0.134 e. The highest BCUT2D eigenvalue weighted by atomic mass is 32.2. The highest BCUT2D eigenvalue weighted by Gasteiger charge is 2.14. The Hall–Kier alpha value is -0.970. The first-order chi connectivity index (χ1) is 8.85. The maximum atomic E-state index is 8.75. The molecule has 2 N–H and O–H groups in total. The Morgan fingerprint density at radius 2 is 2.22 bits per heavy atom. The van der Waals surface area contributed by atoms with Crippen LogP contribution in [-0.4, -0.2) is 30.3 Å². The molecule has 0 bridgehead atoms. The Morgan fingerprint density at radius 1 is 1.39 bits per heavy atom. The van der Waals surface area contributed by atoms with Gasteiger partial charge in [0.2, 0.25) is 0 Å². The Kier molecular flexibility index (Phi) is 5.11. The summed E-state index contributed by atoms with van der Waals surface area (Å²) in [6, 6.07) is 10.4. The molecule has 0 fully saturated rings. The molecule has 1 unspecified atom stereocenters. The topological polar surface area (TPSA) is 45.4 Å². The Labute approximate surface area is 112 Å². The highest BCUT2D eigenvalue weighted by molar-refractivity contribution is 7.99. The van der Waals surface area contributed by atoms with Gasteiger partial charge in [-0.1, -0.05) is 18.2 Å². The Bertz CT molecular complexity index is 450. The van der Waals surface area contributed by atoms with Crippen LogP contribution in [0.15, 0.2) is 34.7 Å². The summed E-state index contributed by atoms with van der Waals surface area (Å²) in [5.74, 6) is 2.92. The maximum absolute atomic E-state index is 8.75. The number of fused-ring (bicyclic) bond motifs is 1. The molecule has 0 aliphatic rings. The number of hydrogen-bond donors (Lipinski definition) is 2. The van der Waals surface area contributed by atoms with Gasteiger partial charge in [0.15, 0.2) is 0 Å². The van der Waals surface area contributed by atoms with Gasteiger partial charge in [0.25, 0.3) is 0 Å². The summed E-state index contributed by atoms with van der Waals surface area (Å²) >= 11 is 1.83. The van der Waals surface area contributed by atoms with Crippen LogP contribution in [0.5, 0.6) is 0 Å². The Balaban J connectivity index is 2.02. The number of benzene rings is 1. The van der Waals surface area contributed by atoms with Gasteiger partial charge in [-0.05, 0) is 31.4 Å². The van der Waals surface area contributed by atoms with Gasteiger partial charge in [-0.25, -0.2) is 0 Å². The van der Waals surface area contributed by atoms with Crippen LogP contribution < -0.4 is 5.32 Å². The molecular formula is C14H19NO2S. The summed E-state index contributed by atoms with van der Waals surface area (Å²) < 4.78 is 5.85. The second-order valence-corrected chi connectivity index (χ2v) is 5.33. The van der Waals surface area contributed by atoms with Crippen LogP contribution in [0.1, 0.15) is 18.2 Å². The van der Waals surface area contributed by atoms with Gasteiger partial charge in [0.1, 0.15) is 11.3 Å². The van der Waals surface area contributed by atoms with Crippen molar-refractivity contribution in [1.29, 1.82) is 0 Å². The van der Waals surface area contributed by atoms with E-state index in [1.54, 1.807) is 0 Å². The van der Waals surface area contributed by atoms with E-state index in [-0.39, 0.29) is 12.6 Å². The molecule has 1 aromatic carbocycles. The van der Waals surface area contributed by atoms with Crippen molar-refractivity contribution >= 4 is 22.7 Å². The number of hydrogen-bond acceptors (Lipinski definition) is 4. The van der Waals surface area contributed by atoms with Crippen LogP contribution in [0, 0.1) is 0 Å². The third-order valence-corrected chi connectivity index (χ3v) is 4.01. The molecule has 2 aromatic rings. The van der Waals surface area contributed by atoms with E-state index in [1.807, 2.05) is 37.0 Å². The van der Waals surface area contributed by atoms with Crippen LogP contribution in [-0.2, 0) is 0 Å². The molecule has 0 radical (unpaired) electrons. The van der Waals surface area contributed by atoms with E-state index < -0.39 is 0 Å². The van der Waals surface area contributed by atoms with Crippen molar-refractivity contribution in [2.75, 3.05) is 25.2 Å². The normalized spacial score (nSPS) is 13.0. The fourth-order valence-electron chi connectivity index (χ4n) is 1.85. The zero-order valence-corrected chi connectivity index (χ0v) is 11.4. The molecule has 98 valence electrons. The number of nitrogens with one attached hydrogen (secondary N) is 1. The number of aliphatic hydroxyl groups is 1. The van der Waals surface area contributed by atoms with Gasteiger partial charge in [-0.15, -0.1) is 0 Å². The number of rotatable bonds is 7. The second kappa shape index (κ2) is 6.83. The second-order valence-electron chi connectivity index (χ2n) is 4.18. The van der Waals surface area contributed by atoms with Gasteiger partial charge < -0.3 is 14.8 Å². The van der Waals surface area contributed by atoms with E-state index in [2.05, 4.69) is 17.4 Å². The van der Waals surface area contributed by atoms with Crippen molar-refractivity contribution in [1.82, 2.24) is 5.32 Å². The van der Waals surface area contributed by atoms with E-state index in [0.717, 1.165) is 34.7 Å². The molecule has 1 aromatic heterocycles. The molecule has 0 spiro atoms. The lowest BCUT2D eigenvalue weighted by atomic mass is 10.2. The molecule has 3 nitrogen and oxygen atoms in total. The van der Waals surface area contributed by atoms with Crippen LogP contribution in [0.4, 0.5) is 0 Å². The van der Waals surface area contributed by atoms with Crippen molar-refractivity contribution < 1.29 is 9.52 Å². The largest absolute Gasteiger partial charge is 0.459 e. The SMILES string of the molecule is CNC(CSCCCO)c1cc2ccccc2o1. The highest BCUT2D eigenvalue weighted by Crippen LogP contribution is 2.25. The van der Waals surface area contributed by atoms with E-state index >= 15 is 0 Å². The summed E-state index contributed by atoms with van der Waals surface area (Å²) in [6.45, 7) is 0.266. The molecule has 18 heavy (non-hydrogen) atoms. The summed E-state index contributed by atoms with van der Waals surface area (Å²) in [7, 11) is 1.95. The minimum atomic E-state index is 0.223. The monoisotopic (exact) mass is 265 g/mol. The fourth-order valence-corrected chi connectivity index (χ4v) is 2.92. The lowest BCUT2D eigenvalue weighted by Gasteiger charge is -2.12. The average molecular weight is 265 g/mol. The van der Waals surface area contributed by atoms with E-state index in [9.17, 15) is 0 Å². The predicted octanol–water partition coefficient (Wildman–Crippen LogP) is 2.81. The van der Waals surface area contributed by atoms with Crippen molar-refractivity contribution in [3.05, 3.63) is 36.1 Å². The molecule has 4 heteroatoms. The molecule has 0 saturated heterocycles. The molecule has 1 heterocycles. The summed E-state index contributed by atoms with van der Waals surface area (Å²) in [5, 5.41) is 13.2. The van der Waals surface area contributed by atoms with Crippen LogP contribution >= 0.6 is 11.8 Å². The third kappa shape index (κ3) is 3.28. The number of aliphatic hydroxyl groups excluding tert-OH is 1. The van der Waals surface area contributed by atoms with Crippen molar-refractivity contribution in [2.24, 2.45) is 0 Å². The minimum absolute atomic E-state index is 0.223. The van der Waals surface area contributed by atoms with Crippen molar-refractivity contribution in [3.63, 3.8) is 0 Å². The van der Waals surface area contributed by atoms with Crippen LogP contribution in [0.3, 0.4) is 0 Å². The first-order valence-corrected chi connectivity index (χ1v) is 7.35. The molecule has 0 saturated carbocycles. The average Bonchev–Trinajstić information content (AvgIpc) is 2.82.